The van der Waals surface area contributed by atoms with E-state index in [1.54, 1.807) is 48.5 Å². The molecule has 1 saturated heterocycles. The Labute approximate surface area is 598 Å². The molecule has 0 aromatic carbocycles. The van der Waals surface area contributed by atoms with Gasteiger partial charge in [-0.3, -0.25) is 52.7 Å². The maximum absolute atomic E-state index is 16.2. The van der Waals surface area contributed by atoms with Crippen LogP contribution in [0.1, 0.15) is 191 Å². The zero-order chi connectivity index (χ0) is 77.6. The van der Waals surface area contributed by atoms with Gasteiger partial charge >= 0.3 is 0 Å². The maximum Gasteiger partial charge on any atom is 0.248 e. The van der Waals surface area contributed by atoms with Gasteiger partial charge in [-0.2, -0.15) is 0 Å². The number of Topliss-reactive ketones (excluding diaryl/α,β-unsaturated/α-hetero) is 1. The van der Waals surface area contributed by atoms with Gasteiger partial charge in [-0.15, -0.1) is 0 Å². The number of likely N-dealkylation sites (N-methyl/N-ethyl adjacent to an activating group) is 7. The minimum absolute atomic E-state index is 0.104. The molecule has 1 fully saturated rings. The average molecular weight is 1430 g/mol. The van der Waals surface area contributed by atoms with Crippen molar-refractivity contribution < 1.29 is 66.4 Å². The van der Waals surface area contributed by atoms with Crippen LogP contribution in [0.4, 0.5) is 0 Å². The van der Waals surface area contributed by atoms with Gasteiger partial charge in [0.15, 0.2) is 22.4 Å². The zero-order valence-electron chi connectivity index (χ0n) is 67.3. The summed E-state index contributed by atoms with van der Waals surface area (Å²) in [5, 5.41) is 7.82. The molecular weight excluding hydrogens is 1300 g/mol. The quantitative estimate of drug-likeness (QED) is 0.0816. The number of hydrogen-bond acceptors (Lipinski definition) is 14. The van der Waals surface area contributed by atoms with Crippen molar-refractivity contribution >= 4 is 87.8 Å². The van der Waals surface area contributed by atoms with Crippen LogP contribution in [0.3, 0.4) is 0 Å². The highest BCUT2D eigenvalue weighted by Gasteiger charge is 2.51. The summed E-state index contributed by atoms with van der Waals surface area (Å²) < 4.78 is 14.1. The Kier molecular flexibility index (Phi) is 35.1. The zero-order valence-corrected chi connectivity index (χ0v) is 69.3. The first-order chi connectivity index (χ1) is 45.0. The molecule has 26 heteroatoms. The van der Waals surface area contributed by atoms with Crippen LogP contribution in [0.2, 0.25) is 36.3 Å². The van der Waals surface area contributed by atoms with E-state index >= 15 is 24.0 Å². The van der Waals surface area contributed by atoms with Crippen molar-refractivity contribution in [2.45, 2.75) is 294 Å². The highest BCUT2D eigenvalue weighted by molar-refractivity contribution is 6.74. The summed E-state index contributed by atoms with van der Waals surface area (Å²) in [6.07, 6.45) is -1.41. The average Bonchev–Trinajstić information content (AvgIpc) is 0.783. The molecule has 1 heterocycles. The van der Waals surface area contributed by atoms with Crippen LogP contribution in [0.25, 0.3) is 0 Å². The Balaban J connectivity index is 4.81. The summed E-state index contributed by atoms with van der Waals surface area (Å²) in [6, 6.07) is -11.4. The number of carbonyl (C=O) groups excluding carboxylic acids is 12. The Hall–Kier alpha value is -5.61. The number of hydrogen-bond donors (Lipinski definition) is 3. The van der Waals surface area contributed by atoms with E-state index in [0.717, 1.165) is 4.90 Å². The third-order valence-corrected chi connectivity index (χ3v) is 29.6. The number of amides is 10. The van der Waals surface area contributed by atoms with Gasteiger partial charge < -0.3 is 63.9 Å². The number of nitrogens with one attached hydrogen (secondary N) is 3. The molecule has 570 valence electrons. The van der Waals surface area contributed by atoms with E-state index in [2.05, 4.69) is 16.0 Å². The lowest BCUT2D eigenvalue weighted by molar-refractivity contribution is -0.157. The van der Waals surface area contributed by atoms with E-state index in [-0.39, 0.29) is 62.2 Å². The van der Waals surface area contributed by atoms with Crippen molar-refractivity contribution in [1.29, 1.82) is 0 Å². The first-order valence-corrected chi connectivity index (χ1v) is 41.8. The number of nitrogens with zero attached hydrogens (tertiary/aromatic N) is 7. The van der Waals surface area contributed by atoms with Gasteiger partial charge in [0.1, 0.15) is 54.6 Å². The standard InChI is InChI=1S/C73H136N10O14Si2/c1-42(2)36-52-64(88)75-58(46(9)10)70(94)79(25)53(37-43(3)4)63(87)74-50(15)56(85)40-49(14)66(90)80(26)54(38-44(5)6)67(91)81(27)55(39-45(7)8)68(92)82(28)60(47(11)12)71(95)83(29)61(62(48(13)34-35-84)97-99(32,33)73(20,21)22)65(89)76-59(51(16)96-98(30,31)72(17,18)19)69(93)77(23)41-57(86)78(52)24/h35,42-55,58-62H,34,36-41H2,1-33H3,(H,74,87)(H,75,88)(H,76,89)/t48-,49-,50-,51-,52+,53-,54-,55-,58-,59-,60-,61-,62-/m1/s1. The number of rotatable bonds is 19. The topological polar surface area (TPSA) is 282 Å². The summed E-state index contributed by atoms with van der Waals surface area (Å²) in [4.78, 5) is 188. The third-order valence-electron chi connectivity index (χ3n) is 20.6. The molecule has 1 aliphatic heterocycles. The fourth-order valence-electron chi connectivity index (χ4n) is 12.1. The van der Waals surface area contributed by atoms with Crippen LogP contribution in [-0.4, -0.2) is 245 Å². The molecule has 0 saturated carbocycles. The van der Waals surface area contributed by atoms with E-state index in [1.807, 2.05) is 123 Å². The fraction of sp³-hybridized carbons (Fsp3) is 0.836. The molecule has 3 N–H and O–H groups in total. The van der Waals surface area contributed by atoms with Crippen LogP contribution in [-0.2, 0) is 66.4 Å². The summed E-state index contributed by atoms with van der Waals surface area (Å²) in [5.74, 6) is -10.6. The van der Waals surface area contributed by atoms with Crippen molar-refractivity contribution in [3.05, 3.63) is 0 Å². The van der Waals surface area contributed by atoms with Crippen LogP contribution < -0.4 is 16.0 Å². The number of ketones is 1. The van der Waals surface area contributed by atoms with Crippen LogP contribution in [0, 0.1) is 47.3 Å². The van der Waals surface area contributed by atoms with Crippen molar-refractivity contribution in [2.24, 2.45) is 47.3 Å². The summed E-state index contributed by atoms with van der Waals surface area (Å²) in [7, 11) is 4.38. The predicted octanol–water partition coefficient (Wildman–Crippen LogP) is 8.01. The first-order valence-electron chi connectivity index (χ1n) is 36.0. The Bertz CT molecular complexity index is 2780. The second kappa shape index (κ2) is 38.1. The largest absolute Gasteiger partial charge is 0.412 e. The molecule has 0 aliphatic carbocycles. The molecule has 0 bridgehead atoms. The fourth-order valence-corrected chi connectivity index (χ4v) is 14.9. The monoisotopic (exact) mass is 1430 g/mol. The lowest BCUT2D eigenvalue weighted by Crippen LogP contribution is -2.66. The van der Waals surface area contributed by atoms with Crippen LogP contribution in [0.15, 0.2) is 0 Å². The van der Waals surface area contributed by atoms with Gasteiger partial charge in [0.25, 0.3) is 0 Å². The van der Waals surface area contributed by atoms with Gasteiger partial charge in [-0.25, -0.2) is 0 Å². The normalized spacial score (nSPS) is 25.8. The predicted molar refractivity (Wildman–Crippen MR) is 394 cm³/mol. The van der Waals surface area contributed by atoms with Crippen molar-refractivity contribution in [3.8, 4) is 0 Å². The molecule has 0 radical (unpaired) electrons. The molecular formula is C73H136N10O14Si2. The molecule has 1 rings (SSSR count). The molecule has 10 amide bonds. The molecule has 24 nitrogen and oxygen atoms in total. The molecule has 0 aromatic rings. The third kappa shape index (κ3) is 25.1. The highest BCUT2D eigenvalue weighted by atomic mass is 28.4. The van der Waals surface area contributed by atoms with E-state index in [0.29, 0.717) is 6.29 Å². The van der Waals surface area contributed by atoms with Gasteiger partial charge in [0.05, 0.1) is 24.8 Å². The lowest BCUT2D eigenvalue weighted by atomic mass is 9.91. The minimum Gasteiger partial charge on any atom is -0.412 e. The maximum atomic E-state index is 16.2. The molecule has 13 atom stereocenters. The molecule has 0 unspecified atom stereocenters. The van der Waals surface area contributed by atoms with E-state index in [9.17, 15) is 33.6 Å². The van der Waals surface area contributed by atoms with E-state index in [4.69, 9.17) is 8.85 Å². The van der Waals surface area contributed by atoms with Gasteiger partial charge in [-0.1, -0.05) is 138 Å². The Morgan fingerprint density at radius 1 is 0.455 bits per heavy atom. The van der Waals surface area contributed by atoms with E-state index in [1.165, 1.54) is 85.7 Å². The second-order valence-electron chi connectivity index (χ2n) is 34.0. The molecule has 0 aromatic heterocycles. The van der Waals surface area contributed by atoms with Crippen molar-refractivity contribution in [1.82, 2.24) is 50.2 Å². The minimum atomic E-state index is -2.97. The summed E-state index contributed by atoms with van der Waals surface area (Å²) in [6.45, 7) is 47.9. The molecule has 99 heavy (non-hydrogen) atoms. The summed E-state index contributed by atoms with van der Waals surface area (Å²) >= 11 is 0. The van der Waals surface area contributed by atoms with Gasteiger partial charge in [0.2, 0.25) is 59.1 Å². The van der Waals surface area contributed by atoms with Gasteiger partial charge in [0, 0.05) is 68.1 Å². The molecule has 1 aliphatic rings. The van der Waals surface area contributed by atoms with Crippen LogP contribution >= 0.6 is 0 Å². The number of carbonyl (C=O) groups is 12. The first kappa shape index (κ1) is 91.4. The second-order valence-corrected chi connectivity index (χ2v) is 43.5. The van der Waals surface area contributed by atoms with Crippen molar-refractivity contribution in [3.63, 3.8) is 0 Å². The Morgan fingerprint density at radius 2 is 0.838 bits per heavy atom. The van der Waals surface area contributed by atoms with Crippen LogP contribution in [0.5, 0.6) is 0 Å². The smallest absolute Gasteiger partial charge is 0.248 e. The lowest BCUT2D eigenvalue weighted by Gasteiger charge is -2.46. The highest BCUT2D eigenvalue weighted by Crippen LogP contribution is 2.41. The number of aldehydes is 1. The van der Waals surface area contributed by atoms with E-state index < -0.39 is 188 Å². The molecule has 0 spiro atoms. The van der Waals surface area contributed by atoms with Gasteiger partial charge in [-0.05, 0) is 117 Å². The Morgan fingerprint density at radius 3 is 1.26 bits per heavy atom. The summed E-state index contributed by atoms with van der Waals surface area (Å²) in [5.41, 5.74) is 0. The van der Waals surface area contributed by atoms with Crippen molar-refractivity contribution in [2.75, 3.05) is 55.9 Å². The SMILES string of the molecule is CC(C)C[C@@H]1C(=O)N(C)[C@H](CC(C)C)C(=O)N(C)[C@H](C(C)C)C(=O)N(C)[C@H]([C@H](O[Si](C)(C)C(C)(C)C)[C@H](C)CC=O)C(=O)N[C@H]([C@@H](C)O[Si](C)(C)C(C)(C)C)C(=O)N(C)CC(=O)N(C)[C@@H](CC(C)C)C(=O)N[C@H](C(C)C)C(=O)N(C)[C@H](CC(C)C)C(=O)N[C@H](C)C(=O)C[C@@H](C)C(=O)N1C.